The number of nitrogens with one attached hydrogen (secondary N) is 1. The van der Waals surface area contributed by atoms with Crippen molar-refractivity contribution in [3.63, 3.8) is 0 Å². The minimum atomic E-state index is -0.563. The van der Waals surface area contributed by atoms with Gasteiger partial charge in [-0.25, -0.2) is 0 Å². The van der Waals surface area contributed by atoms with Gasteiger partial charge in [0.15, 0.2) is 6.04 Å². The summed E-state index contributed by atoms with van der Waals surface area (Å²) in [6.07, 6.45) is 1.23. The molecule has 2 aromatic heterocycles. The SMILES string of the molecule is CCC(C(=O)NCCCn1nc(C)c(Br)c1C)n1nc([N+](=O)[O-])cc1C. The first-order valence-corrected chi connectivity index (χ1v) is 9.23. The lowest BCUT2D eigenvalue weighted by Crippen LogP contribution is -2.34. The summed E-state index contributed by atoms with van der Waals surface area (Å²) >= 11 is 3.49. The van der Waals surface area contributed by atoms with Gasteiger partial charge >= 0.3 is 5.82 Å². The fourth-order valence-corrected chi connectivity index (χ4v) is 3.08. The highest BCUT2D eigenvalue weighted by molar-refractivity contribution is 9.10. The molecule has 0 radical (unpaired) electrons. The average Bonchev–Trinajstić information content (AvgIpc) is 3.08. The molecule has 1 atom stereocenters. The van der Waals surface area contributed by atoms with E-state index in [4.69, 9.17) is 0 Å². The van der Waals surface area contributed by atoms with Crippen molar-refractivity contribution < 1.29 is 9.72 Å². The molecular weight excluding hydrogens is 404 g/mol. The Morgan fingerprint density at radius 1 is 1.38 bits per heavy atom. The van der Waals surface area contributed by atoms with Gasteiger partial charge in [0.1, 0.15) is 0 Å². The van der Waals surface area contributed by atoms with E-state index < -0.39 is 11.0 Å². The zero-order chi connectivity index (χ0) is 19.4. The number of rotatable bonds is 8. The second-order valence-electron chi connectivity index (χ2n) is 6.12. The summed E-state index contributed by atoms with van der Waals surface area (Å²) in [7, 11) is 0. The highest BCUT2D eigenvalue weighted by Crippen LogP contribution is 2.20. The van der Waals surface area contributed by atoms with Crippen molar-refractivity contribution in [2.24, 2.45) is 0 Å². The predicted molar refractivity (Wildman–Crippen MR) is 100.0 cm³/mol. The van der Waals surface area contributed by atoms with Gasteiger partial charge in [-0.2, -0.15) is 9.78 Å². The molecule has 26 heavy (non-hydrogen) atoms. The Bertz CT molecular complexity index is 813. The number of amides is 1. The normalized spacial score (nSPS) is 12.2. The van der Waals surface area contributed by atoms with Crippen LogP contribution >= 0.6 is 15.9 Å². The van der Waals surface area contributed by atoms with E-state index in [1.54, 1.807) is 6.92 Å². The summed E-state index contributed by atoms with van der Waals surface area (Å²) in [5.74, 6) is -0.438. The monoisotopic (exact) mass is 426 g/mol. The van der Waals surface area contributed by atoms with Crippen molar-refractivity contribution in [2.45, 2.75) is 53.1 Å². The number of halogens is 1. The molecule has 0 bridgehead atoms. The molecule has 0 saturated carbocycles. The average molecular weight is 427 g/mol. The third-order valence-corrected chi connectivity index (χ3v) is 5.37. The fourth-order valence-electron chi connectivity index (χ4n) is 2.80. The molecule has 2 aromatic rings. The summed E-state index contributed by atoms with van der Waals surface area (Å²) in [5.41, 5.74) is 2.58. The van der Waals surface area contributed by atoms with Gasteiger partial charge in [-0.3, -0.25) is 9.48 Å². The molecule has 1 amide bonds. The van der Waals surface area contributed by atoms with Gasteiger partial charge in [0.2, 0.25) is 5.91 Å². The van der Waals surface area contributed by atoms with Crippen LogP contribution in [0.3, 0.4) is 0 Å². The third kappa shape index (κ3) is 4.29. The van der Waals surface area contributed by atoms with Crippen LogP contribution in [0.4, 0.5) is 5.82 Å². The molecule has 1 unspecified atom stereocenters. The summed E-state index contributed by atoms with van der Waals surface area (Å²) < 4.78 is 4.33. The standard InChI is InChI=1S/C16H23BrN6O3/c1-5-13(22-10(2)9-14(20-22)23(25)26)16(24)18-7-6-8-21-12(4)15(17)11(3)19-21/h9,13H,5-8H2,1-4H3,(H,18,24). The largest absolute Gasteiger partial charge is 0.390 e. The molecule has 0 aliphatic rings. The summed E-state index contributed by atoms with van der Waals surface area (Å²) in [5, 5.41) is 22.1. The molecule has 9 nitrogen and oxygen atoms in total. The van der Waals surface area contributed by atoms with E-state index in [1.165, 1.54) is 10.7 Å². The van der Waals surface area contributed by atoms with E-state index >= 15 is 0 Å². The zero-order valence-electron chi connectivity index (χ0n) is 15.3. The zero-order valence-corrected chi connectivity index (χ0v) is 16.9. The van der Waals surface area contributed by atoms with Crippen LogP contribution in [0.25, 0.3) is 0 Å². The minimum Gasteiger partial charge on any atom is -0.358 e. The lowest BCUT2D eigenvalue weighted by Gasteiger charge is -2.14. The van der Waals surface area contributed by atoms with Crippen LogP contribution in [0.1, 0.15) is 42.9 Å². The molecule has 2 rings (SSSR count). The van der Waals surface area contributed by atoms with Crippen LogP contribution in [0, 0.1) is 30.9 Å². The molecular formula is C16H23BrN6O3. The fraction of sp³-hybridized carbons (Fsp3) is 0.562. The number of hydrogen-bond acceptors (Lipinski definition) is 5. The van der Waals surface area contributed by atoms with Crippen LogP contribution in [0.5, 0.6) is 0 Å². The molecule has 1 N–H and O–H groups in total. The number of nitro groups is 1. The predicted octanol–water partition coefficient (Wildman–Crippen LogP) is 2.83. The summed E-state index contributed by atoms with van der Waals surface area (Å²) in [6.45, 7) is 8.67. The van der Waals surface area contributed by atoms with E-state index in [0.717, 1.165) is 22.3 Å². The number of nitrogens with zero attached hydrogens (tertiary/aromatic N) is 5. The van der Waals surface area contributed by atoms with Gasteiger partial charge in [-0.05, 0) is 54.5 Å². The maximum atomic E-state index is 12.5. The van der Waals surface area contributed by atoms with Crippen molar-refractivity contribution >= 4 is 27.7 Å². The Hall–Kier alpha value is -2.23. The van der Waals surface area contributed by atoms with Crippen LogP contribution < -0.4 is 5.32 Å². The van der Waals surface area contributed by atoms with E-state index in [1.807, 2.05) is 25.5 Å². The number of aromatic nitrogens is 4. The molecule has 0 aliphatic carbocycles. The topological polar surface area (TPSA) is 108 Å². The summed E-state index contributed by atoms with van der Waals surface area (Å²) in [4.78, 5) is 22.8. The molecule has 0 aromatic carbocycles. The van der Waals surface area contributed by atoms with Gasteiger partial charge in [0, 0.05) is 18.8 Å². The molecule has 0 saturated heterocycles. The Labute approximate surface area is 160 Å². The van der Waals surface area contributed by atoms with Gasteiger partial charge < -0.3 is 15.4 Å². The lowest BCUT2D eigenvalue weighted by molar-refractivity contribution is -0.389. The van der Waals surface area contributed by atoms with Gasteiger partial charge in [0.25, 0.3) is 0 Å². The maximum absolute atomic E-state index is 12.5. The van der Waals surface area contributed by atoms with Crippen molar-refractivity contribution in [1.29, 1.82) is 0 Å². The Morgan fingerprint density at radius 3 is 2.58 bits per heavy atom. The molecule has 0 aliphatic heterocycles. The van der Waals surface area contributed by atoms with Crippen LogP contribution in [0.15, 0.2) is 10.5 Å². The molecule has 142 valence electrons. The molecule has 0 spiro atoms. The third-order valence-electron chi connectivity index (χ3n) is 4.22. The second-order valence-corrected chi connectivity index (χ2v) is 6.92. The molecule has 0 fully saturated rings. The van der Waals surface area contributed by atoms with Crippen molar-refractivity contribution in [2.75, 3.05) is 6.54 Å². The number of aryl methyl sites for hydroxylation is 3. The first kappa shape index (κ1) is 20.1. The maximum Gasteiger partial charge on any atom is 0.390 e. The van der Waals surface area contributed by atoms with Crippen LogP contribution in [-0.4, -0.2) is 36.9 Å². The smallest absolute Gasteiger partial charge is 0.358 e. The van der Waals surface area contributed by atoms with Gasteiger partial charge in [-0.1, -0.05) is 6.92 Å². The van der Waals surface area contributed by atoms with Crippen LogP contribution in [0.2, 0.25) is 0 Å². The summed E-state index contributed by atoms with van der Waals surface area (Å²) in [6, 6.07) is 0.808. The Morgan fingerprint density at radius 2 is 2.08 bits per heavy atom. The number of hydrogen-bond donors (Lipinski definition) is 1. The highest BCUT2D eigenvalue weighted by atomic mass is 79.9. The van der Waals surface area contributed by atoms with E-state index in [0.29, 0.717) is 25.2 Å². The first-order chi connectivity index (χ1) is 12.3. The van der Waals surface area contributed by atoms with Gasteiger partial charge in [-0.15, -0.1) is 0 Å². The lowest BCUT2D eigenvalue weighted by atomic mass is 10.2. The van der Waals surface area contributed by atoms with E-state index in [-0.39, 0.29) is 11.7 Å². The van der Waals surface area contributed by atoms with E-state index in [2.05, 4.69) is 31.4 Å². The van der Waals surface area contributed by atoms with Crippen molar-refractivity contribution in [3.8, 4) is 0 Å². The van der Waals surface area contributed by atoms with E-state index in [9.17, 15) is 14.9 Å². The molecule has 2 heterocycles. The van der Waals surface area contributed by atoms with Crippen molar-refractivity contribution in [1.82, 2.24) is 24.9 Å². The number of carbonyl (C=O) groups is 1. The number of carbonyl (C=O) groups excluding carboxylic acids is 1. The van der Waals surface area contributed by atoms with Crippen LogP contribution in [-0.2, 0) is 11.3 Å². The quantitative estimate of drug-likeness (QED) is 0.396. The second kappa shape index (κ2) is 8.43. The highest BCUT2D eigenvalue weighted by Gasteiger charge is 2.26. The van der Waals surface area contributed by atoms with Crippen molar-refractivity contribution in [3.05, 3.63) is 37.7 Å². The Balaban J connectivity index is 1.93. The first-order valence-electron chi connectivity index (χ1n) is 8.44. The van der Waals surface area contributed by atoms with Gasteiger partial charge in [0.05, 0.1) is 27.0 Å². The molecule has 10 heteroatoms. The minimum absolute atomic E-state index is 0.192. The Kier molecular flexibility index (Phi) is 6.52.